The zero-order chi connectivity index (χ0) is 17.6. The van der Waals surface area contributed by atoms with E-state index in [9.17, 15) is 4.79 Å². The molecule has 1 aromatic rings. The smallest absolute Gasteiger partial charge is 0.266 e. The van der Waals surface area contributed by atoms with Gasteiger partial charge in [0, 0.05) is 31.7 Å². The van der Waals surface area contributed by atoms with Crippen molar-refractivity contribution in [1.29, 1.82) is 0 Å². The van der Waals surface area contributed by atoms with E-state index >= 15 is 0 Å². The van der Waals surface area contributed by atoms with Gasteiger partial charge in [-0.25, -0.2) is 0 Å². The van der Waals surface area contributed by atoms with Gasteiger partial charge in [0.05, 0.1) is 25.2 Å². The lowest BCUT2D eigenvalue weighted by Crippen LogP contribution is -2.38. The number of para-hydroxylation sites is 1. The minimum Gasteiger partial charge on any atom is -0.496 e. The third kappa shape index (κ3) is 4.61. The van der Waals surface area contributed by atoms with Gasteiger partial charge in [-0.3, -0.25) is 14.6 Å². The maximum absolute atomic E-state index is 12.7. The van der Waals surface area contributed by atoms with Crippen LogP contribution < -0.4 is 4.74 Å². The molecule has 0 aliphatic carbocycles. The molecule has 0 spiro atoms. The van der Waals surface area contributed by atoms with E-state index in [2.05, 4.69) is 4.90 Å². The number of amides is 1. The standard InChI is InChI=1S/C18H22N2O3S2/c1-22-15-6-3-2-5-14(15)13-16-17(21)20(18(24)25-16)8-4-7-19-9-11-23-12-10-19/h2-3,5-6,13H,4,7-12H2,1H3. The summed E-state index contributed by atoms with van der Waals surface area (Å²) in [4.78, 5) is 17.4. The second-order valence-corrected chi connectivity index (χ2v) is 7.56. The number of hydrogen-bond acceptors (Lipinski definition) is 6. The second-order valence-electron chi connectivity index (χ2n) is 5.88. The lowest BCUT2D eigenvalue weighted by molar-refractivity contribution is -0.122. The highest BCUT2D eigenvalue weighted by atomic mass is 32.2. The first-order valence-electron chi connectivity index (χ1n) is 8.37. The first-order valence-corrected chi connectivity index (χ1v) is 9.60. The van der Waals surface area contributed by atoms with E-state index in [4.69, 9.17) is 21.7 Å². The molecule has 2 saturated heterocycles. The van der Waals surface area contributed by atoms with Gasteiger partial charge in [-0.05, 0) is 18.6 Å². The van der Waals surface area contributed by atoms with Gasteiger partial charge in [0.15, 0.2) is 0 Å². The number of carbonyl (C=O) groups is 1. The van der Waals surface area contributed by atoms with Crippen LogP contribution in [0.1, 0.15) is 12.0 Å². The van der Waals surface area contributed by atoms with E-state index in [0.717, 1.165) is 50.6 Å². The quantitative estimate of drug-likeness (QED) is 0.560. The van der Waals surface area contributed by atoms with Crippen LogP contribution in [-0.4, -0.2) is 66.5 Å². The molecule has 2 aliphatic rings. The first kappa shape index (κ1) is 18.4. The van der Waals surface area contributed by atoms with Crippen LogP contribution >= 0.6 is 24.0 Å². The van der Waals surface area contributed by atoms with E-state index in [0.29, 0.717) is 15.8 Å². The Morgan fingerprint density at radius 3 is 2.80 bits per heavy atom. The Labute approximate surface area is 157 Å². The highest BCUT2D eigenvalue weighted by molar-refractivity contribution is 8.26. The molecule has 0 N–H and O–H groups in total. The summed E-state index contributed by atoms with van der Waals surface area (Å²) in [5, 5.41) is 0. The molecule has 0 unspecified atom stereocenters. The second kappa shape index (κ2) is 8.80. The van der Waals surface area contributed by atoms with E-state index in [1.54, 1.807) is 12.0 Å². The summed E-state index contributed by atoms with van der Waals surface area (Å²) in [7, 11) is 1.63. The number of thiocarbonyl (C=S) groups is 1. The van der Waals surface area contributed by atoms with Crippen LogP contribution in [0.25, 0.3) is 6.08 Å². The summed E-state index contributed by atoms with van der Waals surface area (Å²) in [5.41, 5.74) is 0.888. The zero-order valence-electron chi connectivity index (χ0n) is 14.3. The summed E-state index contributed by atoms with van der Waals surface area (Å²) < 4.78 is 11.3. The van der Waals surface area contributed by atoms with Crippen LogP contribution in [0, 0.1) is 0 Å². The molecule has 7 heteroatoms. The van der Waals surface area contributed by atoms with Crippen molar-refractivity contribution in [3.63, 3.8) is 0 Å². The van der Waals surface area contributed by atoms with Gasteiger partial charge in [-0.2, -0.15) is 0 Å². The number of methoxy groups -OCH3 is 1. The van der Waals surface area contributed by atoms with Crippen molar-refractivity contribution in [1.82, 2.24) is 9.80 Å². The molecule has 2 fully saturated rings. The molecule has 3 rings (SSSR count). The summed E-state index contributed by atoms with van der Waals surface area (Å²) in [6.45, 7) is 5.14. The summed E-state index contributed by atoms with van der Waals surface area (Å²) >= 11 is 6.77. The first-order chi connectivity index (χ1) is 12.2. The van der Waals surface area contributed by atoms with E-state index in [1.807, 2.05) is 30.3 Å². The maximum atomic E-state index is 12.7. The number of ether oxygens (including phenoxy) is 2. The van der Waals surface area contributed by atoms with Crippen LogP contribution in [-0.2, 0) is 9.53 Å². The van der Waals surface area contributed by atoms with Crippen LogP contribution in [0.2, 0.25) is 0 Å². The normalized spacial score (nSPS) is 20.5. The molecule has 134 valence electrons. The average molecular weight is 379 g/mol. The number of nitrogens with zero attached hydrogens (tertiary/aromatic N) is 2. The lowest BCUT2D eigenvalue weighted by Gasteiger charge is -2.27. The number of carbonyl (C=O) groups excluding carboxylic acids is 1. The fourth-order valence-electron chi connectivity index (χ4n) is 2.90. The Balaban J connectivity index is 1.60. The van der Waals surface area contributed by atoms with Crippen molar-refractivity contribution >= 4 is 40.3 Å². The largest absolute Gasteiger partial charge is 0.496 e. The van der Waals surface area contributed by atoms with Crippen LogP contribution in [0.3, 0.4) is 0 Å². The van der Waals surface area contributed by atoms with Gasteiger partial charge in [0.25, 0.3) is 5.91 Å². The molecule has 0 aromatic heterocycles. The Kier molecular flexibility index (Phi) is 6.47. The fraction of sp³-hybridized carbons (Fsp3) is 0.444. The van der Waals surface area contributed by atoms with Gasteiger partial charge < -0.3 is 9.47 Å². The van der Waals surface area contributed by atoms with E-state index < -0.39 is 0 Å². The predicted molar refractivity (Wildman–Crippen MR) is 105 cm³/mol. The number of rotatable bonds is 6. The average Bonchev–Trinajstić information content (AvgIpc) is 2.90. The number of morpholine rings is 1. The predicted octanol–water partition coefficient (Wildman–Crippen LogP) is 2.62. The van der Waals surface area contributed by atoms with Gasteiger partial charge in [-0.15, -0.1) is 0 Å². The van der Waals surface area contributed by atoms with E-state index in [-0.39, 0.29) is 5.91 Å². The number of benzene rings is 1. The van der Waals surface area contributed by atoms with Crippen molar-refractivity contribution in [3.8, 4) is 5.75 Å². The van der Waals surface area contributed by atoms with Crippen molar-refractivity contribution in [2.24, 2.45) is 0 Å². The van der Waals surface area contributed by atoms with Crippen molar-refractivity contribution in [2.45, 2.75) is 6.42 Å². The lowest BCUT2D eigenvalue weighted by atomic mass is 10.2. The van der Waals surface area contributed by atoms with E-state index in [1.165, 1.54) is 11.8 Å². The Morgan fingerprint density at radius 1 is 1.28 bits per heavy atom. The SMILES string of the molecule is COc1ccccc1C=C1SC(=S)N(CCCN2CCOCC2)C1=O. The third-order valence-electron chi connectivity index (χ3n) is 4.26. The number of hydrogen-bond donors (Lipinski definition) is 0. The molecule has 1 aromatic carbocycles. The molecule has 25 heavy (non-hydrogen) atoms. The monoisotopic (exact) mass is 378 g/mol. The Bertz CT molecular complexity index is 672. The van der Waals surface area contributed by atoms with Gasteiger partial charge in [0.2, 0.25) is 0 Å². The molecule has 1 amide bonds. The van der Waals surface area contributed by atoms with Crippen molar-refractivity contribution in [2.75, 3.05) is 46.5 Å². The Hall–Kier alpha value is -1.41. The molecule has 0 saturated carbocycles. The molecule has 0 atom stereocenters. The third-order valence-corrected chi connectivity index (χ3v) is 5.64. The minimum atomic E-state index is -0.0112. The van der Waals surface area contributed by atoms with Gasteiger partial charge in [0.1, 0.15) is 10.1 Å². The molecule has 5 nitrogen and oxygen atoms in total. The molecule has 0 bridgehead atoms. The highest BCUT2D eigenvalue weighted by Gasteiger charge is 2.31. The molecular weight excluding hydrogens is 356 g/mol. The molecule has 2 heterocycles. The molecular formula is C18H22N2O3S2. The summed E-state index contributed by atoms with van der Waals surface area (Å²) in [6.07, 6.45) is 2.77. The highest BCUT2D eigenvalue weighted by Crippen LogP contribution is 2.34. The van der Waals surface area contributed by atoms with Crippen LogP contribution in [0.5, 0.6) is 5.75 Å². The van der Waals surface area contributed by atoms with Crippen LogP contribution in [0.15, 0.2) is 29.2 Å². The van der Waals surface area contributed by atoms with Gasteiger partial charge in [-0.1, -0.05) is 42.2 Å². The maximum Gasteiger partial charge on any atom is 0.266 e. The zero-order valence-corrected chi connectivity index (χ0v) is 15.9. The van der Waals surface area contributed by atoms with Crippen molar-refractivity contribution in [3.05, 3.63) is 34.7 Å². The minimum absolute atomic E-state index is 0.0112. The molecule has 0 radical (unpaired) electrons. The molecule has 2 aliphatic heterocycles. The van der Waals surface area contributed by atoms with Crippen LogP contribution in [0.4, 0.5) is 0 Å². The van der Waals surface area contributed by atoms with Crippen molar-refractivity contribution < 1.29 is 14.3 Å². The topological polar surface area (TPSA) is 42.0 Å². The summed E-state index contributed by atoms with van der Waals surface area (Å²) in [5.74, 6) is 0.739. The Morgan fingerprint density at radius 2 is 2.04 bits per heavy atom. The van der Waals surface area contributed by atoms with Gasteiger partial charge >= 0.3 is 0 Å². The summed E-state index contributed by atoms with van der Waals surface area (Å²) in [6, 6.07) is 7.66. The fourth-order valence-corrected chi connectivity index (χ4v) is 4.20. The number of thioether (sulfide) groups is 1.